The zero-order valence-corrected chi connectivity index (χ0v) is 15.0. The molecule has 1 aliphatic rings. The van der Waals surface area contributed by atoms with Crippen LogP contribution < -0.4 is 15.5 Å². The van der Waals surface area contributed by atoms with Crippen molar-refractivity contribution in [2.24, 2.45) is 0 Å². The van der Waals surface area contributed by atoms with Gasteiger partial charge in [0, 0.05) is 36.6 Å². The quantitative estimate of drug-likeness (QED) is 0.734. The number of nitrogens with zero attached hydrogens (tertiary/aromatic N) is 4. The minimum Gasteiger partial charge on any atom is -0.355 e. The van der Waals surface area contributed by atoms with Gasteiger partial charge in [-0.3, -0.25) is 4.79 Å². The van der Waals surface area contributed by atoms with Crippen molar-refractivity contribution in [3.05, 3.63) is 39.8 Å². The summed E-state index contributed by atoms with van der Waals surface area (Å²) < 4.78 is 1.61. The number of hydrogen-bond donors (Lipinski definition) is 2. The summed E-state index contributed by atoms with van der Waals surface area (Å²) in [5.41, 5.74) is 1.57. The van der Waals surface area contributed by atoms with Gasteiger partial charge in [-0.05, 0) is 19.0 Å². The van der Waals surface area contributed by atoms with E-state index in [4.69, 9.17) is 11.6 Å². The standard InChI is InChI=1S/C16H17ClN6OS/c17-12-9-25-10-13(12)20-16(24)11-8-19-23-6-2-14(21-15(11)23)22-5-1-3-18-4-7-22/h2,6,8-10,18H,1,3-5,7H2,(H,20,24). The summed E-state index contributed by atoms with van der Waals surface area (Å²) in [5, 5.41) is 14.5. The molecule has 4 rings (SSSR count). The van der Waals surface area contributed by atoms with Crippen LogP contribution in [0, 0.1) is 0 Å². The smallest absolute Gasteiger partial charge is 0.261 e. The lowest BCUT2D eigenvalue weighted by Crippen LogP contribution is -2.28. The van der Waals surface area contributed by atoms with Gasteiger partial charge < -0.3 is 15.5 Å². The van der Waals surface area contributed by atoms with Crippen molar-refractivity contribution in [1.29, 1.82) is 0 Å². The summed E-state index contributed by atoms with van der Waals surface area (Å²) in [4.78, 5) is 19.5. The summed E-state index contributed by atoms with van der Waals surface area (Å²) >= 11 is 7.49. The van der Waals surface area contributed by atoms with Gasteiger partial charge in [0.1, 0.15) is 11.4 Å². The Hall–Kier alpha value is -2.16. The predicted octanol–water partition coefficient (Wildman–Crippen LogP) is 2.50. The Morgan fingerprint density at radius 2 is 2.24 bits per heavy atom. The van der Waals surface area contributed by atoms with Crippen LogP contribution in [0.25, 0.3) is 5.65 Å². The molecule has 1 amide bonds. The maximum atomic E-state index is 12.6. The van der Waals surface area contributed by atoms with Gasteiger partial charge in [0.05, 0.1) is 16.9 Å². The van der Waals surface area contributed by atoms with Crippen molar-refractivity contribution < 1.29 is 4.79 Å². The second-order valence-electron chi connectivity index (χ2n) is 5.79. The monoisotopic (exact) mass is 376 g/mol. The molecule has 2 N–H and O–H groups in total. The summed E-state index contributed by atoms with van der Waals surface area (Å²) in [5.74, 6) is 0.594. The third-order valence-corrected chi connectivity index (χ3v) is 5.31. The average Bonchev–Trinajstić information content (AvgIpc) is 3.11. The minimum atomic E-state index is -0.266. The Labute approximate surface area is 153 Å². The molecular weight excluding hydrogens is 360 g/mol. The number of anilines is 2. The molecule has 3 aromatic rings. The number of aromatic nitrogens is 3. The fourth-order valence-electron chi connectivity index (χ4n) is 2.83. The van der Waals surface area contributed by atoms with Gasteiger partial charge in [-0.2, -0.15) is 5.10 Å². The minimum absolute atomic E-state index is 0.266. The lowest BCUT2D eigenvalue weighted by atomic mass is 10.3. The molecule has 4 heterocycles. The molecule has 0 unspecified atom stereocenters. The largest absolute Gasteiger partial charge is 0.355 e. The topological polar surface area (TPSA) is 74.6 Å². The molecule has 1 aliphatic heterocycles. The second kappa shape index (κ2) is 6.99. The molecular formula is C16H17ClN6OS. The molecule has 3 aromatic heterocycles. The maximum Gasteiger partial charge on any atom is 0.261 e. The Kier molecular flexibility index (Phi) is 4.56. The van der Waals surface area contributed by atoms with Crippen LogP contribution >= 0.6 is 22.9 Å². The summed E-state index contributed by atoms with van der Waals surface area (Å²) in [6.45, 7) is 3.77. The SMILES string of the molecule is O=C(Nc1cscc1Cl)c1cnn2ccc(N3CCCNCC3)nc12. The van der Waals surface area contributed by atoms with E-state index >= 15 is 0 Å². The van der Waals surface area contributed by atoms with Gasteiger partial charge >= 0.3 is 0 Å². The van der Waals surface area contributed by atoms with E-state index in [9.17, 15) is 4.79 Å². The van der Waals surface area contributed by atoms with Crippen LogP contribution in [0.3, 0.4) is 0 Å². The van der Waals surface area contributed by atoms with Crippen LogP contribution in [0.4, 0.5) is 11.5 Å². The number of amides is 1. The first-order valence-electron chi connectivity index (χ1n) is 8.05. The Balaban J connectivity index is 1.64. The zero-order chi connectivity index (χ0) is 17.2. The highest BCUT2D eigenvalue weighted by atomic mass is 35.5. The summed E-state index contributed by atoms with van der Waals surface area (Å²) in [6, 6.07) is 1.93. The normalized spacial score (nSPS) is 15.3. The molecule has 0 aromatic carbocycles. The molecule has 0 bridgehead atoms. The number of hydrogen-bond acceptors (Lipinski definition) is 6. The molecule has 0 aliphatic carbocycles. The highest BCUT2D eigenvalue weighted by Gasteiger charge is 2.18. The number of fused-ring (bicyclic) bond motifs is 1. The van der Waals surface area contributed by atoms with Gasteiger partial charge in [-0.15, -0.1) is 11.3 Å². The number of carbonyl (C=O) groups excluding carboxylic acids is 1. The fourth-order valence-corrected chi connectivity index (χ4v) is 3.79. The highest BCUT2D eigenvalue weighted by Crippen LogP contribution is 2.26. The molecule has 9 heteroatoms. The second-order valence-corrected chi connectivity index (χ2v) is 6.94. The third kappa shape index (κ3) is 3.33. The first kappa shape index (κ1) is 16.3. The van der Waals surface area contributed by atoms with Crippen molar-refractivity contribution in [2.75, 3.05) is 36.4 Å². The van der Waals surface area contributed by atoms with Crippen LogP contribution in [0.2, 0.25) is 5.02 Å². The van der Waals surface area contributed by atoms with Crippen molar-refractivity contribution >= 4 is 46.0 Å². The van der Waals surface area contributed by atoms with Gasteiger partial charge in [-0.1, -0.05) is 11.6 Å². The number of halogens is 1. The van der Waals surface area contributed by atoms with E-state index in [2.05, 4.69) is 25.6 Å². The molecule has 1 fully saturated rings. The average molecular weight is 377 g/mol. The number of rotatable bonds is 3. The van der Waals surface area contributed by atoms with E-state index in [1.165, 1.54) is 17.5 Å². The molecule has 7 nitrogen and oxygen atoms in total. The number of carbonyl (C=O) groups is 1. The van der Waals surface area contributed by atoms with Crippen LogP contribution in [0.1, 0.15) is 16.8 Å². The molecule has 130 valence electrons. The van der Waals surface area contributed by atoms with Gasteiger partial charge in [0.2, 0.25) is 0 Å². The first-order chi connectivity index (χ1) is 12.2. The van der Waals surface area contributed by atoms with Crippen LogP contribution in [-0.2, 0) is 0 Å². The summed E-state index contributed by atoms with van der Waals surface area (Å²) in [6.07, 6.45) is 4.44. The molecule has 0 saturated carbocycles. The van der Waals surface area contributed by atoms with Crippen molar-refractivity contribution in [1.82, 2.24) is 19.9 Å². The fraction of sp³-hybridized carbons (Fsp3) is 0.312. The van der Waals surface area contributed by atoms with Crippen molar-refractivity contribution in [3.8, 4) is 0 Å². The Bertz CT molecular complexity index is 899. The first-order valence-corrected chi connectivity index (χ1v) is 9.37. The lowest BCUT2D eigenvalue weighted by molar-refractivity contribution is 0.102. The van der Waals surface area contributed by atoms with Crippen LogP contribution in [0.5, 0.6) is 0 Å². The van der Waals surface area contributed by atoms with Gasteiger partial charge in [0.15, 0.2) is 5.65 Å². The molecule has 25 heavy (non-hydrogen) atoms. The summed E-state index contributed by atoms with van der Waals surface area (Å²) in [7, 11) is 0. The van der Waals surface area contributed by atoms with Crippen molar-refractivity contribution in [2.45, 2.75) is 6.42 Å². The van der Waals surface area contributed by atoms with Gasteiger partial charge in [0.25, 0.3) is 5.91 Å². The maximum absolute atomic E-state index is 12.6. The third-order valence-electron chi connectivity index (χ3n) is 4.13. The van der Waals surface area contributed by atoms with E-state index in [0.29, 0.717) is 21.9 Å². The number of nitrogens with one attached hydrogen (secondary N) is 2. The van der Waals surface area contributed by atoms with E-state index in [-0.39, 0.29) is 5.91 Å². The van der Waals surface area contributed by atoms with E-state index in [0.717, 1.165) is 38.4 Å². The zero-order valence-electron chi connectivity index (χ0n) is 13.4. The van der Waals surface area contributed by atoms with Crippen LogP contribution in [-0.4, -0.2) is 46.7 Å². The molecule has 0 radical (unpaired) electrons. The van der Waals surface area contributed by atoms with E-state index in [1.54, 1.807) is 15.3 Å². The predicted molar refractivity (Wildman–Crippen MR) is 100.0 cm³/mol. The molecule has 0 atom stereocenters. The van der Waals surface area contributed by atoms with Crippen LogP contribution in [0.15, 0.2) is 29.2 Å². The van der Waals surface area contributed by atoms with Crippen molar-refractivity contribution in [3.63, 3.8) is 0 Å². The molecule has 1 saturated heterocycles. The van der Waals surface area contributed by atoms with E-state index < -0.39 is 0 Å². The van der Waals surface area contributed by atoms with E-state index in [1.807, 2.05) is 12.3 Å². The Morgan fingerprint density at radius 3 is 3.08 bits per heavy atom. The number of thiophene rings is 1. The van der Waals surface area contributed by atoms with Gasteiger partial charge in [-0.25, -0.2) is 9.50 Å². The lowest BCUT2D eigenvalue weighted by Gasteiger charge is -2.20. The Morgan fingerprint density at radius 1 is 1.32 bits per heavy atom. The highest BCUT2D eigenvalue weighted by molar-refractivity contribution is 7.09. The molecule has 0 spiro atoms.